The molecular weight excluding hydrogens is 266 g/mol. The third kappa shape index (κ3) is 3.58. The van der Waals surface area contributed by atoms with Crippen LogP contribution in [0, 0.1) is 5.92 Å². The zero-order valence-corrected chi connectivity index (χ0v) is 13.1. The van der Waals surface area contributed by atoms with Gasteiger partial charge in [-0.1, -0.05) is 19.3 Å². The number of nitrogens with two attached hydrogens (primary N) is 1. The molecule has 0 bridgehead atoms. The first-order chi connectivity index (χ1) is 10.2. The van der Waals surface area contributed by atoms with Gasteiger partial charge in [-0.05, 0) is 25.2 Å². The molecule has 2 N–H and O–H groups in total. The molecule has 0 radical (unpaired) electrons. The lowest BCUT2D eigenvalue weighted by Gasteiger charge is -2.35. The predicted molar refractivity (Wildman–Crippen MR) is 81.9 cm³/mol. The molecule has 21 heavy (non-hydrogen) atoms. The summed E-state index contributed by atoms with van der Waals surface area (Å²) in [5.74, 6) is 0.825. The maximum atomic E-state index is 12.7. The Balaban J connectivity index is 1.50. The third-order valence-electron chi connectivity index (χ3n) is 5.36. The number of amides is 1. The van der Waals surface area contributed by atoms with Crippen molar-refractivity contribution in [2.45, 2.75) is 44.1 Å². The number of hydrogen-bond acceptors (Lipinski definition) is 4. The zero-order chi connectivity index (χ0) is 14.7. The molecule has 0 aromatic rings. The highest BCUT2D eigenvalue weighted by molar-refractivity contribution is 5.86. The number of rotatable bonds is 3. The summed E-state index contributed by atoms with van der Waals surface area (Å²) in [5.41, 5.74) is 5.83. The van der Waals surface area contributed by atoms with Crippen molar-refractivity contribution in [2.24, 2.45) is 11.7 Å². The van der Waals surface area contributed by atoms with Crippen molar-refractivity contribution in [3.05, 3.63) is 0 Å². The first-order valence-corrected chi connectivity index (χ1v) is 8.56. The van der Waals surface area contributed by atoms with E-state index in [2.05, 4.69) is 4.90 Å². The van der Waals surface area contributed by atoms with Crippen LogP contribution in [0.2, 0.25) is 0 Å². The Morgan fingerprint density at radius 3 is 2.57 bits per heavy atom. The third-order valence-corrected chi connectivity index (χ3v) is 5.36. The maximum absolute atomic E-state index is 12.7. The topological polar surface area (TPSA) is 58.8 Å². The largest absolute Gasteiger partial charge is 0.379 e. The summed E-state index contributed by atoms with van der Waals surface area (Å²) in [6.45, 7) is 6.66. The van der Waals surface area contributed by atoms with E-state index in [1.54, 1.807) is 0 Å². The highest BCUT2D eigenvalue weighted by Gasteiger charge is 2.40. The molecule has 2 heterocycles. The standard InChI is InChI=1S/C16H29N3O2/c17-16(5-2-1-3-6-16)15(20)19-7-4-14(13-19)12-18-8-10-21-11-9-18/h14H,1-13,17H2. The fourth-order valence-corrected chi connectivity index (χ4v) is 4.03. The zero-order valence-electron chi connectivity index (χ0n) is 13.1. The SMILES string of the molecule is NC1(C(=O)N2CCC(CN3CCOCC3)C2)CCCCC1. The maximum Gasteiger partial charge on any atom is 0.242 e. The first-order valence-electron chi connectivity index (χ1n) is 8.56. The summed E-state index contributed by atoms with van der Waals surface area (Å²) in [4.78, 5) is 17.2. The Morgan fingerprint density at radius 2 is 1.86 bits per heavy atom. The summed E-state index contributed by atoms with van der Waals surface area (Å²) >= 11 is 0. The van der Waals surface area contributed by atoms with Gasteiger partial charge in [-0.2, -0.15) is 0 Å². The van der Waals surface area contributed by atoms with Gasteiger partial charge in [0.05, 0.1) is 18.8 Å². The lowest BCUT2D eigenvalue weighted by molar-refractivity contribution is -0.137. The van der Waals surface area contributed by atoms with E-state index in [1.807, 2.05) is 4.90 Å². The molecule has 1 saturated carbocycles. The number of ether oxygens (including phenoxy) is 1. The number of likely N-dealkylation sites (tertiary alicyclic amines) is 1. The molecule has 0 aromatic heterocycles. The predicted octanol–water partition coefficient (Wildman–Crippen LogP) is 0.829. The lowest BCUT2D eigenvalue weighted by atomic mass is 9.81. The van der Waals surface area contributed by atoms with Crippen molar-refractivity contribution in [3.8, 4) is 0 Å². The average molecular weight is 295 g/mol. The molecule has 0 spiro atoms. The highest BCUT2D eigenvalue weighted by Crippen LogP contribution is 2.30. The van der Waals surface area contributed by atoms with Crippen molar-refractivity contribution < 1.29 is 9.53 Å². The number of hydrogen-bond donors (Lipinski definition) is 1. The van der Waals surface area contributed by atoms with Gasteiger partial charge in [-0.25, -0.2) is 0 Å². The molecule has 1 amide bonds. The minimum Gasteiger partial charge on any atom is -0.379 e. The summed E-state index contributed by atoms with van der Waals surface area (Å²) in [5, 5.41) is 0. The van der Waals surface area contributed by atoms with Gasteiger partial charge >= 0.3 is 0 Å². The quantitative estimate of drug-likeness (QED) is 0.838. The molecule has 3 fully saturated rings. The van der Waals surface area contributed by atoms with Crippen molar-refractivity contribution in [1.29, 1.82) is 0 Å². The van der Waals surface area contributed by atoms with E-state index < -0.39 is 5.54 Å². The Bertz CT molecular complexity index is 363. The Morgan fingerprint density at radius 1 is 1.14 bits per heavy atom. The van der Waals surface area contributed by atoms with Crippen LogP contribution in [-0.4, -0.2) is 67.2 Å². The van der Waals surface area contributed by atoms with E-state index in [4.69, 9.17) is 10.5 Å². The van der Waals surface area contributed by atoms with Gasteiger partial charge in [-0.15, -0.1) is 0 Å². The van der Waals surface area contributed by atoms with Crippen molar-refractivity contribution >= 4 is 5.91 Å². The summed E-state index contributed by atoms with van der Waals surface area (Å²) in [6, 6.07) is 0. The highest BCUT2D eigenvalue weighted by atomic mass is 16.5. The van der Waals surface area contributed by atoms with Crippen LogP contribution in [0.3, 0.4) is 0 Å². The van der Waals surface area contributed by atoms with E-state index in [0.717, 1.165) is 78.0 Å². The van der Waals surface area contributed by atoms with Crippen LogP contribution < -0.4 is 5.73 Å². The van der Waals surface area contributed by atoms with Gasteiger partial charge in [0.2, 0.25) is 5.91 Å². The fourth-order valence-electron chi connectivity index (χ4n) is 4.03. The monoisotopic (exact) mass is 295 g/mol. The summed E-state index contributed by atoms with van der Waals surface area (Å²) in [6.07, 6.45) is 6.30. The molecule has 5 nitrogen and oxygen atoms in total. The van der Waals surface area contributed by atoms with E-state index in [9.17, 15) is 4.79 Å². The van der Waals surface area contributed by atoms with E-state index >= 15 is 0 Å². The van der Waals surface area contributed by atoms with Gasteiger partial charge in [0.15, 0.2) is 0 Å². The second-order valence-electron chi connectivity index (χ2n) is 7.04. The molecule has 0 aromatic carbocycles. The minimum atomic E-state index is -0.563. The normalized spacial score (nSPS) is 30.5. The molecular formula is C16H29N3O2. The fraction of sp³-hybridized carbons (Fsp3) is 0.938. The van der Waals surface area contributed by atoms with Crippen LogP contribution in [0.4, 0.5) is 0 Å². The molecule has 120 valence electrons. The van der Waals surface area contributed by atoms with Crippen molar-refractivity contribution in [1.82, 2.24) is 9.80 Å². The molecule has 2 saturated heterocycles. The Hall–Kier alpha value is -0.650. The van der Waals surface area contributed by atoms with E-state index in [1.165, 1.54) is 6.42 Å². The minimum absolute atomic E-state index is 0.215. The summed E-state index contributed by atoms with van der Waals surface area (Å²) < 4.78 is 5.39. The smallest absolute Gasteiger partial charge is 0.242 e. The second kappa shape index (κ2) is 6.63. The Kier molecular flexibility index (Phi) is 4.82. The van der Waals surface area contributed by atoms with Gasteiger partial charge in [0.1, 0.15) is 0 Å². The number of nitrogens with zero attached hydrogens (tertiary/aromatic N) is 2. The van der Waals surface area contributed by atoms with Crippen LogP contribution in [0.15, 0.2) is 0 Å². The van der Waals surface area contributed by atoms with Crippen molar-refractivity contribution in [3.63, 3.8) is 0 Å². The van der Waals surface area contributed by atoms with Crippen LogP contribution >= 0.6 is 0 Å². The van der Waals surface area contributed by atoms with Crippen LogP contribution in [0.5, 0.6) is 0 Å². The number of carbonyl (C=O) groups is 1. The van der Waals surface area contributed by atoms with Gasteiger partial charge in [0, 0.05) is 32.7 Å². The van der Waals surface area contributed by atoms with Crippen LogP contribution in [0.1, 0.15) is 38.5 Å². The molecule has 1 aliphatic carbocycles. The lowest BCUT2D eigenvalue weighted by Crippen LogP contribution is -2.55. The van der Waals surface area contributed by atoms with Crippen LogP contribution in [0.25, 0.3) is 0 Å². The summed E-state index contributed by atoms with van der Waals surface area (Å²) in [7, 11) is 0. The molecule has 2 aliphatic heterocycles. The van der Waals surface area contributed by atoms with Gasteiger partial charge in [-0.3, -0.25) is 9.69 Å². The number of carbonyl (C=O) groups excluding carboxylic acids is 1. The van der Waals surface area contributed by atoms with Crippen molar-refractivity contribution in [2.75, 3.05) is 45.9 Å². The molecule has 1 atom stereocenters. The Labute approximate surface area is 127 Å². The van der Waals surface area contributed by atoms with Gasteiger partial charge in [0.25, 0.3) is 0 Å². The van der Waals surface area contributed by atoms with E-state index in [0.29, 0.717) is 5.92 Å². The second-order valence-corrected chi connectivity index (χ2v) is 7.04. The first kappa shape index (κ1) is 15.3. The molecule has 3 rings (SSSR count). The average Bonchev–Trinajstić information content (AvgIpc) is 2.96. The van der Waals surface area contributed by atoms with Crippen LogP contribution in [-0.2, 0) is 9.53 Å². The molecule has 3 aliphatic rings. The number of morpholine rings is 1. The van der Waals surface area contributed by atoms with E-state index in [-0.39, 0.29) is 5.91 Å². The van der Waals surface area contributed by atoms with Gasteiger partial charge < -0.3 is 15.4 Å². The molecule has 5 heteroatoms. The molecule has 1 unspecified atom stereocenters.